The summed E-state index contributed by atoms with van der Waals surface area (Å²) in [6.45, 7) is 0.264. The zero-order valence-electron chi connectivity index (χ0n) is 10.1. The van der Waals surface area contributed by atoms with E-state index in [0.717, 1.165) is 12.8 Å². The number of thiocarbonyl (C=S) groups is 1. The van der Waals surface area contributed by atoms with E-state index in [1.165, 1.54) is 0 Å². The summed E-state index contributed by atoms with van der Waals surface area (Å²) in [4.78, 5) is 12.3. The molecule has 1 aliphatic carbocycles. The molecule has 8 heteroatoms. The van der Waals surface area contributed by atoms with Crippen molar-refractivity contribution in [3.63, 3.8) is 0 Å². The summed E-state index contributed by atoms with van der Waals surface area (Å²) in [6.07, 6.45) is 3.49. The van der Waals surface area contributed by atoms with Crippen LogP contribution in [-0.2, 0) is 14.8 Å². The number of rotatable bonds is 6. The van der Waals surface area contributed by atoms with E-state index >= 15 is 0 Å². The van der Waals surface area contributed by atoms with Crippen molar-refractivity contribution in [3.05, 3.63) is 0 Å². The Morgan fingerprint density at radius 1 is 1.33 bits per heavy atom. The average Bonchev–Trinajstić information content (AvgIpc) is 2.72. The molecule has 104 valence electrons. The normalized spacial score (nSPS) is 18.5. The summed E-state index contributed by atoms with van der Waals surface area (Å²) in [6, 6.07) is 0. The highest BCUT2D eigenvalue weighted by Gasteiger charge is 2.43. The smallest absolute Gasteiger partial charge is 0.233 e. The first-order valence-corrected chi connectivity index (χ1v) is 7.99. The minimum Gasteiger partial charge on any atom is -0.392 e. The van der Waals surface area contributed by atoms with Gasteiger partial charge in [-0.15, -0.1) is 0 Å². The highest BCUT2D eigenvalue weighted by atomic mass is 32.2. The van der Waals surface area contributed by atoms with E-state index in [2.05, 4.69) is 5.32 Å². The molecule has 0 bridgehead atoms. The second-order valence-electron chi connectivity index (χ2n) is 4.63. The SMILES string of the molecule is NC(=S)C1(C(=O)NCCCS(N)(=O)=O)CCCC1. The van der Waals surface area contributed by atoms with Gasteiger partial charge < -0.3 is 11.1 Å². The Balaban J connectivity index is 2.47. The van der Waals surface area contributed by atoms with Crippen LogP contribution in [0.4, 0.5) is 0 Å². The molecule has 0 saturated heterocycles. The molecule has 6 nitrogen and oxygen atoms in total. The lowest BCUT2D eigenvalue weighted by Crippen LogP contribution is -2.47. The Hall–Kier alpha value is -0.730. The van der Waals surface area contributed by atoms with E-state index in [0.29, 0.717) is 12.8 Å². The fraction of sp³-hybridized carbons (Fsp3) is 0.800. The van der Waals surface area contributed by atoms with E-state index in [-0.39, 0.29) is 29.6 Å². The molecule has 5 N–H and O–H groups in total. The van der Waals surface area contributed by atoms with Gasteiger partial charge in [-0.25, -0.2) is 13.6 Å². The Morgan fingerprint density at radius 3 is 2.33 bits per heavy atom. The van der Waals surface area contributed by atoms with Crippen molar-refractivity contribution in [2.24, 2.45) is 16.3 Å². The van der Waals surface area contributed by atoms with Gasteiger partial charge in [0, 0.05) is 6.54 Å². The van der Waals surface area contributed by atoms with Gasteiger partial charge in [0.2, 0.25) is 15.9 Å². The molecule has 0 radical (unpaired) electrons. The Kier molecular flexibility index (Phi) is 5.06. The Labute approximate surface area is 113 Å². The molecule has 1 aliphatic rings. The molecule has 0 atom stereocenters. The number of hydrogen-bond donors (Lipinski definition) is 3. The summed E-state index contributed by atoms with van der Waals surface area (Å²) >= 11 is 4.98. The minimum atomic E-state index is -3.47. The van der Waals surface area contributed by atoms with Crippen molar-refractivity contribution >= 4 is 33.1 Å². The van der Waals surface area contributed by atoms with Crippen molar-refractivity contribution in [2.45, 2.75) is 32.1 Å². The molecule has 18 heavy (non-hydrogen) atoms. The second-order valence-corrected chi connectivity index (χ2v) is 6.80. The standard InChI is InChI=1S/C10H19N3O3S2/c11-8(17)10(4-1-2-5-10)9(14)13-6-3-7-18(12,15)16/h1-7H2,(H2,11,17)(H,13,14)(H2,12,15,16). The lowest BCUT2D eigenvalue weighted by Gasteiger charge is -2.26. The third-order valence-electron chi connectivity index (χ3n) is 3.25. The minimum absolute atomic E-state index is 0.145. The van der Waals surface area contributed by atoms with Crippen molar-refractivity contribution in [1.82, 2.24) is 5.32 Å². The van der Waals surface area contributed by atoms with Crippen LogP contribution in [0.2, 0.25) is 0 Å². The molecule has 0 aliphatic heterocycles. The van der Waals surface area contributed by atoms with Crippen molar-refractivity contribution < 1.29 is 13.2 Å². The number of nitrogens with two attached hydrogens (primary N) is 2. The lowest BCUT2D eigenvalue weighted by molar-refractivity contribution is -0.127. The van der Waals surface area contributed by atoms with Gasteiger partial charge in [0.1, 0.15) is 0 Å². The Morgan fingerprint density at radius 2 is 1.89 bits per heavy atom. The number of carbonyl (C=O) groups is 1. The molecule has 0 aromatic carbocycles. The number of primary sulfonamides is 1. The highest BCUT2D eigenvalue weighted by molar-refractivity contribution is 7.89. The number of hydrogen-bond acceptors (Lipinski definition) is 4. The maximum Gasteiger partial charge on any atom is 0.233 e. The van der Waals surface area contributed by atoms with Crippen LogP contribution < -0.4 is 16.2 Å². The molecule has 0 aromatic heterocycles. The molecule has 1 saturated carbocycles. The molecule has 1 amide bonds. The molecule has 1 fully saturated rings. The van der Waals surface area contributed by atoms with Gasteiger partial charge in [0.25, 0.3) is 0 Å². The van der Waals surface area contributed by atoms with Crippen LogP contribution in [0, 0.1) is 5.41 Å². The second kappa shape index (κ2) is 5.94. The lowest BCUT2D eigenvalue weighted by atomic mass is 9.85. The van der Waals surface area contributed by atoms with Crippen LogP contribution in [0.1, 0.15) is 32.1 Å². The fourth-order valence-corrected chi connectivity index (χ4v) is 3.05. The van der Waals surface area contributed by atoms with Crippen LogP contribution in [0.5, 0.6) is 0 Å². The van der Waals surface area contributed by atoms with E-state index in [1.54, 1.807) is 0 Å². The highest BCUT2D eigenvalue weighted by Crippen LogP contribution is 2.38. The van der Waals surface area contributed by atoms with Gasteiger partial charge in [0.15, 0.2) is 0 Å². The van der Waals surface area contributed by atoms with E-state index < -0.39 is 15.4 Å². The van der Waals surface area contributed by atoms with Gasteiger partial charge in [-0.05, 0) is 19.3 Å². The number of carbonyl (C=O) groups excluding carboxylic acids is 1. The van der Waals surface area contributed by atoms with Gasteiger partial charge >= 0.3 is 0 Å². The van der Waals surface area contributed by atoms with Crippen LogP contribution in [0.3, 0.4) is 0 Å². The first-order valence-electron chi connectivity index (χ1n) is 5.87. The van der Waals surface area contributed by atoms with Gasteiger partial charge in [-0.3, -0.25) is 4.79 Å². The zero-order valence-corrected chi connectivity index (χ0v) is 11.8. The molecule has 0 aromatic rings. The summed E-state index contributed by atoms with van der Waals surface area (Å²) in [5.74, 6) is -0.338. The fourth-order valence-electron chi connectivity index (χ4n) is 2.21. The largest absolute Gasteiger partial charge is 0.392 e. The van der Waals surface area contributed by atoms with E-state index in [4.69, 9.17) is 23.1 Å². The third kappa shape index (κ3) is 3.89. The number of nitrogens with one attached hydrogen (secondary N) is 1. The topological polar surface area (TPSA) is 115 Å². The molecule has 0 spiro atoms. The van der Waals surface area contributed by atoms with Gasteiger partial charge in [-0.1, -0.05) is 25.1 Å². The summed E-state index contributed by atoms with van der Waals surface area (Å²) < 4.78 is 21.5. The van der Waals surface area contributed by atoms with E-state index in [1.807, 2.05) is 0 Å². The number of sulfonamides is 1. The van der Waals surface area contributed by atoms with Gasteiger partial charge in [0.05, 0.1) is 16.2 Å². The van der Waals surface area contributed by atoms with Crippen LogP contribution >= 0.6 is 12.2 Å². The Bertz CT molecular complexity index is 428. The van der Waals surface area contributed by atoms with Crippen LogP contribution in [0.15, 0.2) is 0 Å². The van der Waals surface area contributed by atoms with Crippen LogP contribution in [0.25, 0.3) is 0 Å². The quantitative estimate of drug-likeness (QED) is 0.456. The third-order valence-corrected chi connectivity index (χ3v) is 4.50. The molecule has 0 unspecified atom stereocenters. The van der Waals surface area contributed by atoms with Crippen molar-refractivity contribution in [1.29, 1.82) is 0 Å². The first kappa shape index (κ1) is 15.3. The monoisotopic (exact) mass is 293 g/mol. The first-order chi connectivity index (χ1) is 8.28. The molecule has 1 rings (SSSR count). The predicted molar refractivity (Wildman–Crippen MR) is 73.3 cm³/mol. The summed E-state index contributed by atoms with van der Waals surface area (Å²) in [5, 5.41) is 7.56. The maximum absolute atomic E-state index is 12.1. The maximum atomic E-state index is 12.1. The predicted octanol–water partition coefficient (Wildman–Crippen LogP) is -0.372. The van der Waals surface area contributed by atoms with Gasteiger partial charge in [-0.2, -0.15) is 0 Å². The summed E-state index contributed by atoms with van der Waals surface area (Å²) in [7, 11) is -3.47. The van der Waals surface area contributed by atoms with Crippen molar-refractivity contribution in [3.8, 4) is 0 Å². The molecular weight excluding hydrogens is 274 g/mol. The molecule has 0 heterocycles. The van der Waals surface area contributed by atoms with Crippen LogP contribution in [-0.4, -0.2) is 31.6 Å². The number of amides is 1. The van der Waals surface area contributed by atoms with E-state index in [9.17, 15) is 13.2 Å². The van der Waals surface area contributed by atoms with Crippen molar-refractivity contribution in [2.75, 3.05) is 12.3 Å². The average molecular weight is 293 g/mol. The molecular formula is C10H19N3O3S2. The zero-order chi connectivity index (χ0) is 13.8. The summed E-state index contributed by atoms with van der Waals surface area (Å²) in [5.41, 5.74) is 4.92.